The quantitative estimate of drug-likeness (QED) is 0.827. The Hall–Kier alpha value is -1.59. The molecule has 0 bridgehead atoms. The number of nitrogens with zero attached hydrogens (tertiary/aromatic N) is 1. The van der Waals surface area contributed by atoms with Gasteiger partial charge in [-0.1, -0.05) is 18.0 Å². The third kappa shape index (κ3) is 5.49. The molecule has 0 spiro atoms. The molecule has 1 aliphatic rings. The summed E-state index contributed by atoms with van der Waals surface area (Å²) in [5.74, 6) is -0.459. The lowest BCUT2D eigenvalue weighted by molar-refractivity contribution is -0.120. The Labute approximate surface area is 148 Å². The van der Waals surface area contributed by atoms with Gasteiger partial charge < -0.3 is 10.6 Å². The summed E-state index contributed by atoms with van der Waals surface area (Å²) in [6, 6.07) is 6.57. The third-order valence-corrected chi connectivity index (χ3v) is 4.70. The smallest absolute Gasteiger partial charge is 0.251 e. The number of rotatable bonds is 6. The van der Waals surface area contributed by atoms with Crippen molar-refractivity contribution in [2.75, 3.05) is 26.2 Å². The van der Waals surface area contributed by atoms with Gasteiger partial charge in [-0.2, -0.15) is 0 Å². The normalized spacial score (nSPS) is 15.8. The first kappa shape index (κ1) is 18.7. The van der Waals surface area contributed by atoms with Gasteiger partial charge in [-0.25, -0.2) is 0 Å². The average molecular weight is 352 g/mol. The summed E-state index contributed by atoms with van der Waals surface area (Å²) >= 11 is 5.79. The predicted octanol–water partition coefficient (Wildman–Crippen LogP) is 2.45. The van der Waals surface area contributed by atoms with Gasteiger partial charge in [0.25, 0.3) is 5.91 Å². The number of halogens is 1. The Balaban J connectivity index is 1.74. The van der Waals surface area contributed by atoms with Crippen molar-refractivity contribution in [2.24, 2.45) is 0 Å². The number of carbonyl (C=O) groups excluding carboxylic acids is 2. The Kier molecular flexibility index (Phi) is 6.63. The number of hydrogen-bond acceptors (Lipinski definition) is 3. The average Bonchev–Trinajstić information content (AvgIpc) is 2.59. The van der Waals surface area contributed by atoms with Crippen molar-refractivity contribution in [3.8, 4) is 0 Å². The molecule has 132 valence electrons. The summed E-state index contributed by atoms with van der Waals surface area (Å²) < 4.78 is 0. The molecule has 0 radical (unpaired) electrons. The van der Waals surface area contributed by atoms with E-state index in [1.165, 1.54) is 19.3 Å². The van der Waals surface area contributed by atoms with Crippen LogP contribution in [0.2, 0.25) is 5.02 Å². The second kappa shape index (κ2) is 8.49. The fourth-order valence-electron chi connectivity index (χ4n) is 2.85. The van der Waals surface area contributed by atoms with Crippen molar-refractivity contribution in [3.05, 3.63) is 34.9 Å². The van der Waals surface area contributed by atoms with E-state index in [0.717, 1.165) is 13.1 Å². The molecule has 0 aliphatic carbocycles. The number of benzene rings is 1. The molecule has 1 fully saturated rings. The zero-order valence-corrected chi connectivity index (χ0v) is 15.2. The number of piperidine rings is 1. The zero-order chi connectivity index (χ0) is 17.6. The first-order valence-electron chi connectivity index (χ1n) is 8.44. The molecule has 24 heavy (non-hydrogen) atoms. The Morgan fingerprint density at radius 1 is 1.08 bits per heavy atom. The maximum Gasteiger partial charge on any atom is 0.251 e. The van der Waals surface area contributed by atoms with Gasteiger partial charge in [0, 0.05) is 22.7 Å². The molecule has 6 heteroatoms. The standard InChI is InChI=1S/C18H26ClN3O2/c1-18(2,22-10-4-3-5-11-22)13-21-16(23)12-20-17(24)14-6-8-15(19)9-7-14/h6-9H,3-5,10-13H2,1-2H3,(H,20,24)(H,21,23). The van der Waals surface area contributed by atoms with Gasteiger partial charge in [-0.15, -0.1) is 0 Å². The fourth-order valence-corrected chi connectivity index (χ4v) is 2.98. The molecule has 1 aromatic carbocycles. The number of hydrogen-bond donors (Lipinski definition) is 2. The van der Waals surface area contributed by atoms with Crippen LogP contribution >= 0.6 is 11.6 Å². The van der Waals surface area contributed by atoms with Crippen molar-refractivity contribution in [2.45, 2.75) is 38.6 Å². The molecule has 1 saturated heterocycles. The van der Waals surface area contributed by atoms with Crippen LogP contribution in [0.15, 0.2) is 24.3 Å². The molecule has 1 aliphatic heterocycles. The zero-order valence-electron chi connectivity index (χ0n) is 14.4. The lowest BCUT2D eigenvalue weighted by atomic mass is 9.98. The number of nitrogens with one attached hydrogen (secondary N) is 2. The van der Waals surface area contributed by atoms with Crippen molar-refractivity contribution < 1.29 is 9.59 Å². The Bertz CT molecular complexity index is 566. The highest BCUT2D eigenvalue weighted by Gasteiger charge is 2.28. The van der Waals surface area contributed by atoms with Crippen LogP contribution in [0.25, 0.3) is 0 Å². The lowest BCUT2D eigenvalue weighted by Gasteiger charge is -2.41. The van der Waals surface area contributed by atoms with Crippen molar-refractivity contribution in [3.63, 3.8) is 0 Å². The van der Waals surface area contributed by atoms with Crippen molar-refractivity contribution in [1.29, 1.82) is 0 Å². The van der Waals surface area contributed by atoms with E-state index < -0.39 is 0 Å². The van der Waals surface area contributed by atoms with Crippen LogP contribution in [0.5, 0.6) is 0 Å². The molecule has 2 N–H and O–H groups in total. The second-order valence-electron chi connectivity index (χ2n) is 6.83. The van der Waals surface area contributed by atoms with E-state index in [4.69, 9.17) is 11.6 Å². The fraction of sp³-hybridized carbons (Fsp3) is 0.556. The molecule has 1 heterocycles. The van der Waals surface area contributed by atoms with Gasteiger partial charge in [0.05, 0.1) is 6.54 Å². The molecular formula is C18H26ClN3O2. The third-order valence-electron chi connectivity index (χ3n) is 4.45. The SMILES string of the molecule is CC(C)(CNC(=O)CNC(=O)c1ccc(Cl)cc1)N1CCCCC1. The molecular weight excluding hydrogens is 326 g/mol. The highest BCUT2D eigenvalue weighted by Crippen LogP contribution is 2.19. The largest absolute Gasteiger partial charge is 0.353 e. The minimum atomic E-state index is -0.280. The second-order valence-corrected chi connectivity index (χ2v) is 7.26. The van der Waals surface area contributed by atoms with Gasteiger partial charge in [-0.3, -0.25) is 14.5 Å². The van der Waals surface area contributed by atoms with Crippen LogP contribution in [-0.4, -0.2) is 48.4 Å². The van der Waals surface area contributed by atoms with E-state index in [9.17, 15) is 9.59 Å². The van der Waals surface area contributed by atoms with Gasteiger partial charge in [-0.05, 0) is 64.0 Å². The van der Waals surface area contributed by atoms with Crippen LogP contribution in [0.3, 0.4) is 0 Å². The van der Waals surface area contributed by atoms with Crippen LogP contribution in [-0.2, 0) is 4.79 Å². The van der Waals surface area contributed by atoms with E-state index in [1.54, 1.807) is 24.3 Å². The van der Waals surface area contributed by atoms with Gasteiger partial charge in [0.2, 0.25) is 5.91 Å². The number of carbonyl (C=O) groups is 2. The maximum absolute atomic E-state index is 12.0. The van der Waals surface area contributed by atoms with E-state index in [1.807, 2.05) is 0 Å². The van der Waals surface area contributed by atoms with Gasteiger partial charge in [0.15, 0.2) is 0 Å². The predicted molar refractivity (Wildman–Crippen MR) is 96.3 cm³/mol. The Morgan fingerprint density at radius 3 is 2.33 bits per heavy atom. The minimum absolute atomic E-state index is 0.0302. The molecule has 0 aromatic heterocycles. The van der Waals surface area contributed by atoms with Crippen molar-refractivity contribution in [1.82, 2.24) is 15.5 Å². The molecule has 5 nitrogen and oxygen atoms in total. The van der Waals surface area contributed by atoms with E-state index in [2.05, 4.69) is 29.4 Å². The lowest BCUT2D eigenvalue weighted by Crippen LogP contribution is -2.54. The molecule has 2 rings (SSSR count). The summed E-state index contributed by atoms with van der Waals surface area (Å²) in [5.41, 5.74) is 0.414. The Morgan fingerprint density at radius 2 is 1.71 bits per heavy atom. The summed E-state index contributed by atoms with van der Waals surface area (Å²) in [6.45, 7) is 6.99. The molecule has 1 aromatic rings. The van der Waals surface area contributed by atoms with Crippen LogP contribution in [0.1, 0.15) is 43.5 Å². The highest BCUT2D eigenvalue weighted by molar-refractivity contribution is 6.30. The van der Waals surface area contributed by atoms with E-state index in [-0.39, 0.29) is 23.9 Å². The highest BCUT2D eigenvalue weighted by atomic mass is 35.5. The van der Waals surface area contributed by atoms with Crippen molar-refractivity contribution >= 4 is 23.4 Å². The van der Waals surface area contributed by atoms with Crippen LogP contribution in [0, 0.1) is 0 Å². The van der Waals surface area contributed by atoms with Gasteiger partial charge in [0.1, 0.15) is 0 Å². The maximum atomic E-state index is 12.0. The summed E-state index contributed by atoms with van der Waals surface area (Å²) in [7, 11) is 0. The minimum Gasteiger partial charge on any atom is -0.353 e. The van der Waals surface area contributed by atoms with Crippen LogP contribution < -0.4 is 10.6 Å². The first-order valence-corrected chi connectivity index (χ1v) is 8.82. The van der Waals surface area contributed by atoms with E-state index >= 15 is 0 Å². The monoisotopic (exact) mass is 351 g/mol. The van der Waals surface area contributed by atoms with Crippen LogP contribution in [0.4, 0.5) is 0 Å². The topological polar surface area (TPSA) is 61.4 Å². The number of amides is 2. The summed E-state index contributed by atoms with van der Waals surface area (Å²) in [6.07, 6.45) is 3.72. The molecule has 2 amide bonds. The first-order chi connectivity index (χ1) is 11.4. The van der Waals surface area contributed by atoms with E-state index in [0.29, 0.717) is 17.1 Å². The molecule has 0 unspecified atom stereocenters. The molecule has 0 saturated carbocycles. The summed E-state index contributed by atoms with van der Waals surface area (Å²) in [5, 5.41) is 6.12. The summed E-state index contributed by atoms with van der Waals surface area (Å²) in [4.78, 5) is 26.4. The van der Waals surface area contributed by atoms with Gasteiger partial charge >= 0.3 is 0 Å². The number of likely N-dealkylation sites (tertiary alicyclic amines) is 1. The molecule has 0 atom stereocenters.